The number of carbonyl (C=O) groups is 1. The van der Waals surface area contributed by atoms with Gasteiger partial charge in [0.05, 0.1) is 0 Å². The molecule has 148 valence electrons. The van der Waals surface area contributed by atoms with Crippen LogP contribution in [-0.4, -0.2) is 31.8 Å². The molecule has 1 fully saturated rings. The minimum atomic E-state index is -0.299. The zero-order chi connectivity index (χ0) is 19.3. The molecule has 2 aromatic rings. The van der Waals surface area contributed by atoms with E-state index in [0.29, 0.717) is 25.1 Å². The third-order valence-corrected chi connectivity index (χ3v) is 6.12. The molecule has 1 saturated heterocycles. The van der Waals surface area contributed by atoms with Crippen molar-refractivity contribution in [3.63, 3.8) is 0 Å². The number of hydrogen-bond donors (Lipinski definition) is 2. The van der Waals surface area contributed by atoms with Gasteiger partial charge in [-0.1, -0.05) is 61.9 Å². The molecule has 28 heavy (non-hydrogen) atoms. The molecule has 1 amide bonds. The summed E-state index contributed by atoms with van der Waals surface area (Å²) < 4.78 is 5.64. The summed E-state index contributed by atoms with van der Waals surface area (Å²) in [5.74, 6) is 0.657. The lowest BCUT2D eigenvalue weighted by molar-refractivity contribution is 0.139. The number of ether oxygens (including phenoxy) is 1. The molecule has 2 N–H and O–H groups in total. The van der Waals surface area contributed by atoms with E-state index in [1.54, 1.807) is 0 Å². The standard InChI is InChI=1S/C24H30N2O2/c1-2-7-18-14-17(12-13-25-18)15-26-24(27)28-16-23-21-10-5-3-8-19(21)20-9-4-6-11-22(20)23/h3-6,8-11,17-18,23,25H,2,7,12-16H2,1H3,(H,26,27). The van der Waals surface area contributed by atoms with Gasteiger partial charge in [0.2, 0.25) is 0 Å². The Morgan fingerprint density at radius 3 is 2.46 bits per heavy atom. The number of piperidine rings is 1. The molecule has 0 radical (unpaired) electrons. The van der Waals surface area contributed by atoms with Crippen LogP contribution in [-0.2, 0) is 4.74 Å². The summed E-state index contributed by atoms with van der Waals surface area (Å²) in [6.07, 6.45) is 4.36. The van der Waals surface area contributed by atoms with Gasteiger partial charge in [0.1, 0.15) is 6.61 Å². The fourth-order valence-corrected chi connectivity index (χ4v) is 4.73. The van der Waals surface area contributed by atoms with Gasteiger partial charge in [0.25, 0.3) is 0 Å². The van der Waals surface area contributed by atoms with E-state index in [1.807, 2.05) is 0 Å². The van der Waals surface area contributed by atoms with Crippen molar-refractivity contribution in [2.24, 2.45) is 5.92 Å². The second-order valence-corrected chi connectivity index (χ2v) is 8.04. The van der Waals surface area contributed by atoms with Crippen molar-refractivity contribution in [3.8, 4) is 11.1 Å². The minimum absolute atomic E-state index is 0.117. The van der Waals surface area contributed by atoms with Crippen molar-refractivity contribution >= 4 is 6.09 Å². The highest BCUT2D eigenvalue weighted by Gasteiger charge is 2.29. The Morgan fingerprint density at radius 1 is 1.11 bits per heavy atom. The van der Waals surface area contributed by atoms with Crippen LogP contribution in [0, 0.1) is 5.92 Å². The number of hydrogen-bond acceptors (Lipinski definition) is 3. The molecule has 0 bridgehead atoms. The van der Waals surface area contributed by atoms with Gasteiger partial charge in [-0.05, 0) is 54.0 Å². The van der Waals surface area contributed by atoms with Gasteiger partial charge in [0.15, 0.2) is 0 Å². The third kappa shape index (κ3) is 4.07. The largest absolute Gasteiger partial charge is 0.449 e. The molecule has 4 rings (SSSR count). The lowest BCUT2D eigenvalue weighted by Gasteiger charge is -2.30. The Morgan fingerprint density at radius 2 is 1.79 bits per heavy atom. The molecule has 1 aliphatic heterocycles. The molecule has 2 aromatic carbocycles. The average Bonchev–Trinajstić information content (AvgIpc) is 3.05. The maximum atomic E-state index is 12.3. The van der Waals surface area contributed by atoms with Crippen LogP contribution < -0.4 is 10.6 Å². The van der Waals surface area contributed by atoms with Crippen LogP contribution in [0.25, 0.3) is 11.1 Å². The first-order valence-corrected chi connectivity index (χ1v) is 10.6. The average molecular weight is 379 g/mol. The van der Waals surface area contributed by atoms with Gasteiger partial charge >= 0.3 is 6.09 Å². The van der Waals surface area contributed by atoms with Crippen LogP contribution >= 0.6 is 0 Å². The van der Waals surface area contributed by atoms with Gasteiger partial charge in [-0.3, -0.25) is 0 Å². The highest BCUT2D eigenvalue weighted by atomic mass is 16.5. The Balaban J connectivity index is 1.32. The van der Waals surface area contributed by atoms with Crippen LogP contribution in [0.4, 0.5) is 4.79 Å². The van der Waals surface area contributed by atoms with Crippen LogP contribution in [0.3, 0.4) is 0 Å². The zero-order valence-corrected chi connectivity index (χ0v) is 16.6. The molecule has 0 aromatic heterocycles. The molecular weight excluding hydrogens is 348 g/mol. The van der Waals surface area contributed by atoms with Gasteiger partial charge in [0, 0.05) is 18.5 Å². The number of benzene rings is 2. The van der Waals surface area contributed by atoms with Crippen molar-refractivity contribution in [2.75, 3.05) is 19.7 Å². The topological polar surface area (TPSA) is 50.4 Å². The Labute approximate surface area is 167 Å². The van der Waals surface area contributed by atoms with Crippen LogP contribution in [0.5, 0.6) is 0 Å². The molecular formula is C24H30N2O2. The summed E-state index contributed by atoms with van der Waals surface area (Å²) in [7, 11) is 0. The Hall–Kier alpha value is -2.33. The van der Waals surface area contributed by atoms with Crippen molar-refractivity contribution in [1.82, 2.24) is 10.6 Å². The van der Waals surface area contributed by atoms with Crippen molar-refractivity contribution in [2.45, 2.75) is 44.6 Å². The zero-order valence-electron chi connectivity index (χ0n) is 16.6. The monoisotopic (exact) mass is 378 g/mol. The van der Waals surface area contributed by atoms with E-state index in [0.717, 1.165) is 19.4 Å². The lowest BCUT2D eigenvalue weighted by atomic mass is 9.90. The summed E-state index contributed by atoms with van der Waals surface area (Å²) in [6.45, 7) is 4.35. The van der Waals surface area contributed by atoms with E-state index in [-0.39, 0.29) is 12.0 Å². The van der Waals surface area contributed by atoms with Crippen LogP contribution in [0.15, 0.2) is 48.5 Å². The summed E-state index contributed by atoms with van der Waals surface area (Å²) >= 11 is 0. The molecule has 0 spiro atoms. The quantitative estimate of drug-likeness (QED) is 0.766. The molecule has 1 aliphatic carbocycles. The lowest BCUT2D eigenvalue weighted by Crippen LogP contribution is -2.42. The highest BCUT2D eigenvalue weighted by molar-refractivity contribution is 5.79. The second-order valence-electron chi connectivity index (χ2n) is 8.04. The summed E-state index contributed by atoms with van der Waals surface area (Å²) in [5.41, 5.74) is 5.00. The first-order chi connectivity index (χ1) is 13.8. The van der Waals surface area contributed by atoms with E-state index in [2.05, 4.69) is 66.1 Å². The number of fused-ring (bicyclic) bond motifs is 3. The predicted octanol–water partition coefficient (Wildman–Crippen LogP) is 4.69. The highest BCUT2D eigenvalue weighted by Crippen LogP contribution is 2.44. The molecule has 2 atom stereocenters. The van der Waals surface area contributed by atoms with E-state index in [9.17, 15) is 4.79 Å². The molecule has 0 saturated carbocycles. The summed E-state index contributed by atoms with van der Waals surface area (Å²) in [4.78, 5) is 12.3. The van der Waals surface area contributed by atoms with Gasteiger partial charge in [-0.15, -0.1) is 0 Å². The van der Waals surface area contributed by atoms with Gasteiger partial charge in [-0.2, -0.15) is 0 Å². The Bertz CT molecular complexity index is 772. The third-order valence-electron chi connectivity index (χ3n) is 6.12. The first kappa shape index (κ1) is 19.0. The molecule has 2 unspecified atom stereocenters. The number of alkyl carbamates (subject to hydrolysis) is 1. The number of nitrogens with one attached hydrogen (secondary N) is 2. The number of amides is 1. The predicted molar refractivity (Wildman–Crippen MR) is 112 cm³/mol. The van der Waals surface area contributed by atoms with E-state index in [4.69, 9.17) is 4.74 Å². The molecule has 1 heterocycles. The SMILES string of the molecule is CCCC1CC(CNC(=O)OCC2c3ccccc3-c3ccccc32)CCN1. The number of carbonyl (C=O) groups excluding carboxylic acids is 1. The second kappa shape index (κ2) is 8.78. The molecule has 4 heteroatoms. The fraction of sp³-hybridized carbons (Fsp3) is 0.458. The fourth-order valence-electron chi connectivity index (χ4n) is 4.73. The maximum Gasteiger partial charge on any atom is 0.407 e. The van der Waals surface area contributed by atoms with Gasteiger partial charge in [-0.25, -0.2) is 4.79 Å². The van der Waals surface area contributed by atoms with Crippen molar-refractivity contribution < 1.29 is 9.53 Å². The van der Waals surface area contributed by atoms with Crippen LogP contribution in [0.1, 0.15) is 49.7 Å². The minimum Gasteiger partial charge on any atom is -0.449 e. The van der Waals surface area contributed by atoms with E-state index >= 15 is 0 Å². The van der Waals surface area contributed by atoms with Crippen molar-refractivity contribution in [1.29, 1.82) is 0 Å². The Kier molecular flexibility index (Phi) is 5.96. The smallest absolute Gasteiger partial charge is 0.407 e. The number of rotatable bonds is 6. The normalized spacial score (nSPS) is 21.0. The molecule has 2 aliphatic rings. The first-order valence-electron chi connectivity index (χ1n) is 10.6. The maximum absolute atomic E-state index is 12.3. The summed E-state index contributed by atoms with van der Waals surface area (Å²) in [5, 5.41) is 6.57. The van der Waals surface area contributed by atoms with Crippen molar-refractivity contribution in [3.05, 3.63) is 59.7 Å². The van der Waals surface area contributed by atoms with E-state index in [1.165, 1.54) is 35.1 Å². The molecule has 4 nitrogen and oxygen atoms in total. The van der Waals surface area contributed by atoms with E-state index < -0.39 is 0 Å². The van der Waals surface area contributed by atoms with Gasteiger partial charge < -0.3 is 15.4 Å². The van der Waals surface area contributed by atoms with Crippen LogP contribution in [0.2, 0.25) is 0 Å². The summed E-state index contributed by atoms with van der Waals surface area (Å²) in [6, 6.07) is 17.4.